The molecule has 0 fully saturated rings. The molecule has 2 rings (SSSR count). The number of amides is 2. The zero-order chi connectivity index (χ0) is 17.4. The van der Waals surface area contributed by atoms with E-state index in [2.05, 4.69) is 5.32 Å². The van der Waals surface area contributed by atoms with Crippen LogP contribution in [-0.2, 0) is 17.8 Å². The number of hydrogen-bond acceptors (Lipinski definition) is 3. The molecule has 0 unspecified atom stereocenters. The van der Waals surface area contributed by atoms with Crippen molar-refractivity contribution in [2.45, 2.75) is 13.0 Å². The number of rotatable bonds is 7. The van der Waals surface area contributed by atoms with E-state index in [4.69, 9.17) is 10.8 Å². The third kappa shape index (κ3) is 5.37. The lowest BCUT2D eigenvalue weighted by Gasteiger charge is -2.04. The summed E-state index contributed by atoms with van der Waals surface area (Å²) in [6.45, 7) is 0.560. The molecule has 0 saturated heterocycles. The van der Waals surface area contributed by atoms with Crippen molar-refractivity contribution in [2.24, 2.45) is 5.73 Å². The number of carbonyl (C=O) groups excluding carboxylic acids is 2. The Balaban J connectivity index is 1.78. The van der Waals surface area contributed by atoms with Crippen LogP contribution in [0.2, 0.25) is 0 Å². The summed E-state index contributed by atoms with van der Waals surface area (Å²) in [5.74, 6) is -0.656. The topological polar surface area (TPSA) is 92.4 Å². The van der Waals surface area contributed by atoms with Crippen molar-refractivity contribution < 1.29 is 14.7 Å². The predicted octanol–water partition coefficient (Wildman–Crippen LogP) is 1.65. The molecule has 0 spiro atoms. The van der Waals surface area contributed by atoms with Crippen LogP contribution in [0.4, 0.5) is 0 Å². The number of aliphatic hydroxyl groups excluding tert-OH is 1. The molecule has 24 heavy (non-hydrogen) atoms. The van der Waals surface area contributed by atoms with Gasteiger partial charge in [-0.05, 0) is 41.3 Å². The maximum atomic E-state index is 11.8. The van der Waals surface area contributed by atoms with E-state index in [1.165, 1.54) is 6.08 Å². The highest BCUT2D eigenvalue weighted by Crippen LogP contribution is 2.06. The fraction of sp³-hybridized carbons (Fsp3) is 0.158. The Morgan fingerprint density at radius 3 is 2.21 bits per heavy atom. The first-order valence-electron chi connectivity index (χ1n) is 7.63. The van der Waals surface area contributed by atoms with Crippen LogP contribution >= 0.6 is 0 Å². The smallest absolute Gasteiger partial charge is 0.248 e. The van der Waals surface area contributed by atoms with Crippen LogP contribution in [0.5, 0.6) is 0 Å². The molecule has 5 heteroatoms. The van der Waals surface area contributed by atoms with E-state index in [-0.39, 0.29) is 12.5 Å². The normalized spacial score (nSPS) is 10.7. The molecule has 0 aliphatic carbocycles. The van der Waals surface area contributed by atoms with Crippen molar-refractivity contribution in [1.82, 2.24) is 5.32 Å². The Morgan fingerprint density at radius 1 is 1.00 bits per heavy atom. The highest BCUT2D eigenvalue weighted by atomic mass is 16.3. The standard InChI is InChI=1S/C19H20N2O3/c20-19(24)17-8-5-14(6-9-17)7-10-18(23)21-12-11-15-1-3-16(13-22)4-2-15/h1-10,22H,11-13H2,(H2,20,24)(H,21,23)/b10-7+. The third-order valence-electron chi connectivity index (χ3n) is 3.54. The van der Waals surface area contributed by atoms with E-state index in [9.17, 15) is 9.59 Å². The van der Waals surface area contributed by atoms with Crippen molar-refractivity contribution in [3.05, 3.63) is 76.9 Å². The summed E-state index contributed by atoms with van der Waals surface area (Å²) in [5.41, 5.74) is 8.38. The van der Waals surface area contributed by atoms with Gasteiger partial charge in [-0.2, -0.15) is 0 Å². The molecule has 0 radical (unpaired) electrons. The largest absolute Gasteiger partial charge is 0.392 e. The lowest BCUT2D eigenvalue weighted by molar-refractivity contribution is -0.116. The lowest BCUT2D eigenvalue weighted by atomic mass is 10.1. The molecule has 124 valence electrons. The quantitative estimate of drug-likeness (QED) is 0.676. The molecule has 0 bridgehead atoms. The van der Waals surface area contributed by atoms with Crippen molar-refractivity contribution in [3.63, 3.8) is 0 Å². The van der Waals surface area contributed by atoms with Crippen molar-refractivity contribution in [2.75, 3.05) is 6.54 Å². The minimum absolute atomic E-state index is 0.0300. The summed E-state index contributed by atoms with van der Waals surface area (Å²) in [6, 6.07) is 14.3. The Hall–Kier alpha value is -2.92. The van der Waals surface area contributed by atoms with E-state index >= 15 is 0 Å². The first kappa shape index (κ1) is 17.4. The number of carbonyl (C=O) groups is 2. The minimum atomic E-state index is -0.477. The van der Waals surface area contributed by atoms with Crippen molar-refractivity contribution >= 4 is 17.9 Å². The van der Waals surface area contributed by atoms with Gasteiger partial charge in [0, 0.05) is 18.2 Å². The zero-order valence-electron chi connectivity index (χ0n) is 13.2. The molecule has 4 N–H and O–H groups in total. The van der Waals surface area contributed by atoms with Gasteiger partial charge >= 0.3 is 0 Å². The van der Waals surface area contributed by atoms with Gasteiger partial charge in [-0.3, -0.25) is 9.59 Å². The van der Waals surface area contributed by atoms with Crippen LogP contribution in [-0.4, -0.2) is 23.5 Å². The highest BCUT2D eigenvalue weighted by molar-refractivity contribution is 5.94. The minimum Gasteiger partial charge on any atom is -0.392 e. The third-order valence-corrected chi connectivity index (χ3v) is 3.54. The molecule has 5 nitrogen and oxygen atoms in total. The van der Waals surface area contributed by atoms with E-state index < -0.39 is 5.91 Å². The van der Waals surface area contributed by atoms with Gasteiger partial charge < -0.3 is 16.2 Å². The molecule has 0 saturated carbocycles. The molecule has 2 aromatic rings. The molecule has 2 amide bonds. The number of aliphatic hydroxyl groups is 1. The fourth-order valence-corrected chi connectivity index (χ4v) is 2.13. The molecule has 2 aromatic carbocycles. The first-order chi connectivity index (χ1) is 11.6. The average molecular weight is 324 g/mol. The first-order valence-corrected chi connectivity index (χ1v) is 7.63. The van der Waals surface area contributed by atoms with Crippen LogP contribution in [0.1, 0.15) is 27.0 Å². The van der Waals surface area contributed by atoms with Crippen LogP contribution < -0.4 is 11.1 Å². The van der Waals surface area contributed by atoms with Gasteiger partial charge in [0.05, 0.1) is 6.61 Å². The average Bonchev–Trinajstić information content (AvgIpc) is 2.61. The van der Waals surface area contributed by atoms with Crippen LogP contribution in [0.15, 0.2) is 54.6 Å². The van der Waals surface area contributed by atoms with Gasteiger partial charge in [-0.1, -0.05) is 36.4 Å². The van der Waals surface area contributed by atoms with Crippen LogP contribution in [0.3, 0.4) is 0 Å². The zero-order valence-corrected chi connectivity index (χ0v) is 13.2. The number of hydrogen-bond donors (Lipinski definition) is 3. The second kappa shape index (κ2) is 8.64. The number of primary amides is 1. The summed E-state index contributed by atoms with van der Waals surface area (Å²) in [7, 11) is 0. The second-order valence-electron chi connectivity index (χ2n) is 5.34. The molecule has 0 atom stereocenters. The van der Waals surface area contributed by atoms with E-state index in [0.717, 1.165) is 23.1 Å². The maximum Gasteiger partial charge on any atom is 0.248 e. The van der Waals surface area contributed by atoms with Gasteiger partial charge in [-0.15, -0.1) is 0 Å². The molecule has 0 aromatic heterocycles. The monoisotopic (exact) mass is 324 g/mol. The van der Waals surface area contributed by atoms with Crippen LogP contribution in [0.25, 0.3) is 6.08 Å². The second-order valence-corrected chi connectivity index (χ2v) is 5.34. The summed E-state index contributed by atoms with van der Waals surface area (Å²) in [4.78, 5) is 22.8. The maximum absolute atomic E-state index is 11.8. The molecular weight excluding hydrogens is 304 g/mol. The Bertz CT molecular complexity index is 719. The molecule has 0 aliphatic heterocycles. The number of benzene rings is 2. The van der Waals surface area contributed by atoms with Gasteiger partial charge in [0.15, 0.2) is 0 Å². The Morgan fingerprint density at radius 2 is 1.62 bits per heavy atom. The van der Waals surface area contributed by atoms with E-state index in [0.29, 0.717) is 12.1 Å². The van der Waals surface area contributed by atoms with Crippen molar-refractivity contribution in [1.29, 1.82) is 0 Å². The summed E-state index contributed by atoms with van der Waals surface area (Å²) in [5, 5.41) is 11.8. The van der Waals surface area contributed by atoms with Gasteiger partial charge in [0.25, 0.3) is 0 Å². The lowest BCUT2D eigenvalue weighted by Crippen LogP contribution is -2.23. The van der Waals surface area contributed by atoms with Crippen molar-refractivity contribution in [3.8, 4) is 0 Å². The summed E-state index contributed by atoms with van der Waals surface area (Å²) < 4.78 is 0. The molecule has 0 heterocycles. The van der Waals surface area contributed by atoms with Gasteiger partial charge in [0.2, 0.25) is 11.8 Å². The van der Waals surface area contributed by atoms with Gasteiger partial charge in [0.1, 0.15) is 0 Å². The molecule has 0 aliphatic rings. The van der Waals surface area contributed by atoms with Crippen LogP contribution in [0, 0.1) is 0 Å². The van der Waals surface area contributed by atoms with E-state index in [1.54, 1.807) is 30.3 Å². The van der Waals surface area contributed by atoms with Gasteiger partial charge in [-0.25, -0.2) is 0 Å². The number of nitrogens with one attached hydrogen (secondary N) is 1. The predicted molar refractivity (Wildman–Crippen MR) is 93.1 cm³/mol. The Kier molecular flexibility index (Phi) is 6.28. The summed E-state index contributed by atoms with van der Waals surface area (Å²) >= 11 is 0. The van der Waals surface area contributed by atoms with E-state index in [1.807, 2.05) is 24.3 Å². The molecular formula is C19H20N2O3. The summed E-state index contributed by atoms with van der Waals surface area (Å²) in [6.07, 6.45) is 3.85. The number of nitrogens with two attached hydrogens (primary N) is 1. The SMILES string of the molecule is NC(=O)c1ccc(/C=C/C(=O)NCCc2ccc(CO)cc2)cc1. The Labute approximate surface area is 140 Å². The fourth-order valence-electron chi connectivity index (χ4n) is 2.13. The highest BCUT2D eigenvalue weighted by Gasteiger charge is 2.00.